The summed E-state index contributed by atoms with van der Waals surface area (Å²) in [4.78, 5) is 11.6. The third-order valence-electron chi connectivity index (χ3n) is 3.48. The lowest BCUT2D eigenvalue weighted by Crippen LogP contribution is -2.14. The van der Waals surface area contributed by atoms with E-state index in [1.165, 1.54) is 6.07 Å². The van der Waals surface area contributed by atoms with Crippen molar-refractivity contribution in [2.24, 2.45) is 0 Å². The number of sulfonamides is 1. The van der Waals surface area contributed by atoms with Crippen LogP contribution in [0.4, 0.5) is 19.0 Å². The Hall–Kier alpha value is -4.11. The maximum Gasteiger partial charge on any atom is 0.290 e. The highest BCUT2D eigenvalue weighted by atomic mass is 32.2. The maximum absolute atomic E-state index is 13.7. The van der Waals surface area contributed by atoms with Crippen molar-refractivity contribution in [3.05, 3.63) is 77.7 Å². The molecule has 1 heterocycles. The number of hydrogen-bond donors (Lipinski definition) is 2. The largest absolute Gasteiger partial charge is 0.483 e. The van der Waals surface area contributed by atoms with E-state index in [1.54, 1.807) is 6.07 Å². The summed E-state index contributed by atoms with van der Waals surface area (Å²) in [7, 11) is -4.14. The zero-order valence-electron chi connectivity index (χ0n) is 15.3. The molecule has 0 unspecified atom stereocenters. The van der Waals surface area contributed by atoms with E-state index in [4.69, 9.17) is 14.6 Å². The van der Waals surface area contributed by atoms with Gasteiger partial charge >= 0.3 is 0 Å². The minimum absolute atomic E-state index is 0.123. The predicted octanol–water partition coefficient (Wildman–Crippen LogP) is 3.66. The molecule has 3 aromatic rings. The average Bonchev–Trinajstić information content (AvgIpc) is 2.73. The zero-order valence-corrected chi connectivity index (χ0v) is 16.1. The molecule has 12 heteroatoms. The molecule has 0 amide bonds. The minimum Gasteiger partial charge on any atom is -0.483 e. The van der Waals surface area contributed by atoms with E-state index in [1.807, 2.05) is 0 Å². The van der Waals surface area contributed by atoms with Gasteiger partial charge in [0.05, 0.1) is 16.7 Å². The monoisotopic (exact) mass is 451 g/mol. The van der Waals surface area contributed by atoms with Crippen molar-refractivity contribution in [1.29, 1.82) is 5.26 Å². The Balaban J connectivity index is 0.00000107. The van der Waals surface area contributed by atoms with Gasteiger partial charge in [-0.05, 0) is 42.5 Å². The molecule has 0 radical (unpaired) electrons. The summed E-state index contributed by atoms with van der Waals surface area (Å²) >= 11 is 0. The summed E-state index contributed by atoms with van der Waals surface area (Å²) in [5, 5.41) is 16.2. The summed E-state index contributed by atoms with van der Waals surface area (Å²) in [5.74, 6) is -3.76. The van der Waals surface area contributed by atoms with Crippen molar-refractivity contribution in [1.82, 2.24) is 4.98 Å². The molecule has 0 atom stereocenters. The molecule has 3 rings (SSSR count). The van der Waals surface area contributed by atoms with Gasteiger partial charge in [-0.1, -0.05) is 6.07 Å². The second-order valence-corrected chi connectivity index (χ2v) is 7.18. The van der Waals surface area contributed by atoms with Gasteiger partial charge in [0.25, 0.3) is 16.5 Å². The Bertz CT molecular complexity index is 1230. The van der Waals surface area contributed by atoms with E-state index in [2.05, 4.69) is 9.71 Å². The van der Waals surface area contributed by atoms with E-state index in [-0.39, 0.29) is 28.5 Å². The number of nitrogens with zero attached hydrogens (tertiary/aromatic N) is 2. The van der Waals surface area contributed by atoms with Gasteiger partial charge in [0.15, 0.2) is 11.6 Å². The molecule has 31 heavy (non-hydrogen) atoms. The van der Waals surface area contributed by atoms with E-state index >= 15 is 0 Å². The number of rotatable bonds is 5. The number of carbonyl (C=O) groups is 1. The summed E-state index contributed by atoms with van der Waals surface area (Å²) in [6.07, 6.45) is 0.836. The SMILES string of the molecule is N#Cc1cc(S(=O)(=O)Nc2ccc(F)cn2)ccc1Oc1cccc(F)c1F.O=CO. The van der Waals surface area contributed by atoms with Gasteiger partial charge in [0, 0.05) is 0 Å². The Morgan fingerprint density at radius 1 is 1.10 bits per heavy atom. The molecule has 1 aromatic heterocycles. The van der Waals surface area contributed by atoms with Crippen molar-refractivity contribution in [2.75, 3.05) is 4.72 Å². The Labute approximate surface area is 174 Å². The van der Waals surface area contributed by atoms with Crippen LogP contribution in [0.25, 0.3) is 0 Å². The van der Waals surface area contributed by atoms with Crippen LogP contribution in [0.1, 0.15) is 5.56 Å². The zero-order chi connectivity index (χ0) is 23.0. The fraction of sp³-hybridized carbons (Fsp3) is 0. The van der Waals surface area contributed by atoms with E-state index < -0.39 is 33.2 Å². The van der Waals surface area contributed by atoms with Crippen LogP contribution < -0.4 is 9.46 Å². The first-order chi connectivity index (χ1) is 14.7. The lowest BCUT2D eigenvalue weighted by Gasteiger charge is -2.11. The van der Waals surface area contributed by atoms with E-state index in [0.717, 1.165) is 48.7 Å². The standard InChI is InChI=1S/C18H10F3N3O3S.CH2O2/c19-12-4-7-17(23-10-12)24-28(25,26)13-5-6-15(11(8-13)9-22)27-16-3-1-2-14(20)18(16)21;2-1-3/h1-8,10H,(H,23,24);1H,(H,2,3). The van der Waals surface area contributed by atoms with Gasteiger partial charge in [-0.3, -0.25) is 9.52 Å². The number of ether oxygens (including phenoxy) is 1. The number of anilines is 1. The van der Waals surface area contributed by atoms with Crippen LogP contribution in [-0.2, 0) is 14.8 Å². The molecule has 8 nitrogen and oxygen atoms in total. The smallest absolute Gasteiger partial charge is 0.290 e. The number of hydrogen-bond acceptors (Lipinski definition) is 6. The highest BCUT2D eigenvalue weighted by Gasteiger charge is 2.19. The molecular formula is C19H12F3N3O5S. The average molecular weight is 451 g/mol. The fourth-order valence-corrected chi connectivity index (χ4v) is 3.20. The first kappa shape index (κ1) is 23.2. The summed E-state index contributed by atoms with van der Waals surface area (Å²) in [5.41, 5.74) is -0.224. The number of halogens is 3. The lowest BCUT2D eigenvalue weighted by atomic mass is 10.2. The van der Waals surface area contributed by atoms with Gasteiger partial charge in [-0.25, -0.2) is 22.2 Å². The lowest BCUT2D eigenvalue weighted by molar-refractivity contribution is -0.122. The van der Waals surface area contributed by atoms with Crippen LogP contribution in [-0.4, -0.2) is 25.0 Å². The Morgan fingerprint density at radius 3 is 2.42 bits per heavy atom. The van der Waals surface area contributed by atoms with Crippen LogP contribution in [0.2, 0.25) is 0 Å². The Morgan fingerprint density at radius 2 is 1.81 bits per heavy atom. The van der Waals surface area contributed by atoms with Crippen molar-refractivity contribution in [2.45, 2.75) is 4.90 Å². The molecule has 2 aromatic carbocycles. The van der Waals surface area contributed by atoms with Crippen molar-refractivity contribution < 1.29 is 36.2 Å². The summed E-state index contributed by atoms with van der Waals surface area (Å²) in [6.45, 7) is -0.250. The van der Waals surface area contributed by atoms with Crippen molar-refractivity contribution in [3.8, 4) is 17.6 Å². The van der Waals surface area contributed by atoms with Gasteiger partial charge in [-0.15, -0.1) is 0 Å². The molecule has 0 saturated heterocycles. The topological polar surface area (TPSA) is 129 Å². The third-order valence-corrected chi connectivity index (χ3v) is 4.84. The molecule has 0 aliphatic carbocycles. The molecular weight excluding hydrogens is 439 g/mol. The maximum atomic E-state index is 13.7. The second kappa shape index (κ2) is 10.1. The van der Waals surface area contributed by atoms with Gasteiger partial charge in [0.2, 0.25) is 5.82 Å². The van der Waals surface area contributed by atoms with Crippen LogP contribution in [0, 0.1) is 28.8 Å². The molecule has 0 spiro atoms. The number of nitrogens with one attached hydrogen (secondary N) is 1. The number of aromatic nitrogens is 1. The van der Waals surface area contributed by atoms with E-state index in [0.29, 0.717) is 0 Å². The first-order valence-electron chi connectivity index (χ1n) is 8.10. The number of carboxylic acid groups (broad SMARTS) is 1. The van der Waals surface area contributed by atoms with Gasteiger partial charge < -0.3 is 9.84 Å². The highest BCUT2D eigenvalue weighted by molar-refractivity contribution is 7.92. The molecule has 0 aliphatic heterocycles. The minimum atomic E-state index is -4.14. The predicted molar refractivity (Wildman–Crippen MR) is 101 cm³/mol. The van der Waals surface area contributed by atoms with E-state index in [9.17, 15) is 26.9 Å². The van der Waals surface area contributed by atoms with Gasteiger partial charge in [0.1, 0.15) is 23.5 Å². The molecule has 0 saturated carbocycles. The summed E-state index contributed by atoms with van der Waals surface area (Å²) < 4.78 is 72.1. The Kier molecular flexibility index (Phi) is 7.53. The molecule has 2 N–H and O–H groups in total. The van der Waals surface area contributed by atoms with Crippen molar-refractivity contribution in [3.63, 3.8) is 0 Å². The first-order valence-corrected chi connectivity index (χ1v) is 9.58. The third kappa shape index (κ3) is 5.94. The number of nitriles is 1. The quantitative estimate of drug-likeness (QED) is 0.566. The van der Waals surface area contributed by atoms with Crippen LogP contribution in [0.3, 0.4) is 0 Å². The molecule has 0 aliphatic rings. The molecule has 160 valence electrons. The van der Waals surface area contributed by atoms with Gasteiger partial charge in [-0.2, -0.15) is 9.65 Å². The van der Waals surface area contributed by atoms with Crippen molar-refractivity contribution >= 4 is 22.3 Å². The molecule has 0 bridgehead atoms. The fourth-order valence-electron chi connectivity index (χ4n) is 2.17. The second-order valence-electron chi connectivity index (χ2n) is 5.50. The number of pyridine rings is 1. The highest BCUT2D eigenvalue weighted by Crippen LogP contribution is 2.30. The normalized spacial score (nSPS) is 10.3. The van der Waals surface area contributed by atoms with Crippen LogP contribution >= 0.6 is 0 Å². The molecule has 0 fully saturated rings. The van der Waals surface area contributed by atoms with Crippen LogP contribution in [0.15, 0.2) is 59.6 Å². The summed E-state index contributed by atoms with van der Waals surface area (Å²) in [6, 6.07) is 10.4. The number of benzene rings is 2. The van der Waals surface area contributed by atoms with Crippen LogP contribution in [0.5, 0.6) is 11.5 Å².